The molecule has 0 atom stereocenters. The molecule has 1 heterocycles. The summed E-state index contributed by atoms with van der Waals surface area (Å²) in [5.74, 6) is 0.495. The summed E-state index contributed by atoms with van der Waals surface area (Å²) in [5.41, 5.74) is 4.57. The Morgan fingerprint density at radius 2 is 1.58 bits per heavy atom. The number of pyridine rings is 1. The summed E-state index contributed by atoms with van der Waals surface area (Å²) in [7, 11) is 1.59. The quantitative estimate of drug-likeness (QED) is 0.502. The Bertz CT molecular complexity index is 1290. The highest BCUT2D eigenvalue weighted by atomic mass is 16.5. The first kappa shape index (κ1) is 20.4. The molecule has 0 unspecified atom stereocenters. The summed E-state index contributed by atoms with van der Waals surface area (Å²) < 4.78 is 5.20. The molecule has 31 heavy (non-hydrogen) atoms. The van der Waals surface area contributed by atoms with Crippen LogP contribution in [0.15, 0.2) is 77.6 Å². The first-order valence-electron chi connectivity index (χ1n) is 10.1. The second-order valence-electron chi connectivity index (χ2n) is 7.67. The lowest BCUT2D eigenvalue weighted by atomic mass is 10.1. The van der Waals surface area contributed by atoms with E-state index in [-0.39, 0.29) is 18.0 Å². The molecule has 0 aliphatic heterocycles. The van der Waals surface area contributed by atoms with E-state index in [0.717, 1.165) is 27.7 Å². The number of methoxy groups -OCH3 is 1. The van der Waals surface area contributed by atoms with E-state index in [2.05, 4.69) is 4.98 Å². The number of aromatic nitrogens is 1. The van der Waals surface area contributed by atoms with Gasteiger partial charge in [-0.05, 0) is 73.8 Å². The molecule has 5 nitrogen and oxygen atoms in total. The minimum Gasteiger partial charge on any atom is -0.497 e. The lowest BCUT2D eigenvalue weighted by Crippen LogP contribution is -2.32. The molecule has 156 valence electrons. The van der Waals surface area contributed by atoms with E-state index in [0.29, 0.717) is 16.9 Å². The highest BCUT2D eigenvalue weighted by molar-refractivity contribution is 6.06. The van der Waals surface area contributed by atoms with E-state index >= 15 is 0 Å². The number of anilines is 1. The van der Waals surface area contributed by atoms with Gasteiger partial charge in [-0.2, -0.15) is 0 Å². The molecular weight excluding hydrogens is 388 g/mol. The van der Waals surface area contributed by atoms with Crippen molar-refractivity contribution in [3.8, 4) is 5.75 Å². The van der Waals surface area contributed by atoms with Crippen molar-refractivity contribution < 1.29 is 9.53 Å². The number of carbonyl (C=O) groups is 1. The second kappa shape index (κ2) is 8.48. The van der Waals surface area contributed by atoms with Crippen LogP contribution in [0.5, 0.6) is 5.75 Å². The van der Waals surface area contributed by atoms with Crippen LogP contribution >= 0.6 is 0 Å². The maximum absolute atomic E-state index is 13.4. The Labute approximate surface area is 180 Å². The summed E-state index contributed by atoms with van der Waals surface area (Å²) >= 11 is 0. The fraction of sp³-hybridized carbons (Fsp3) is 0.154. The van der Waals surface area contributed by atoms with Gasteiger partial charge in [-0.15, -0.1) is 0 Å². The van der Waals surface area contributed by atoms with E-state index in [1.165, 1.54) is 0 Å². The van der Waals surface area contributed by atoms with E-state index in [9.17, 15) is 9.59 Å². The van der Waals surface area contributed by atoms with Crippen molar-refractivity contribution in [1.29, 1.82) is 0 Å². The number of rotatable bonds is 5. The second-order valence-corrected chi connectivity index (χ2v) is 7.67. The van der Waals surface area contributed by atoms with Crippen LogP contribution in [0.3, 0.4) is 0 Å². The molecule has 0 saturated carbocycles. The van der Waals surface area contributed by atoms with E-state index in [4.69, 9.17) is 4.74 Å². The van der Waals surface area contributed by atoms with Gasteiger partial charge in [-0.3, -0.25) is 9.59 Å². The molecule has 1 amide bonds. The van der Waals surface area contributed by atoms with Gasteiger partial charge in [0.25, 0.3) is 11.5 Å². The van der Waals surface area contributed by atoms with E-state index < -0.39 is 0 Å². The molecule has 0 fully saturated rings. The average molecular weight is 412 g/mol. The number of H-pyrrole nitrogens is 1. The predicted octanol–water partition coefficient (Wildman–Crippen LogP) is 5.00. The molecule has 0 saturated heterocycles. The molecular formula is C26H24N2O3. The number of ether oxygens (including phenoxy) is 1. The number of hydrogen-bond acceptors (Lipinski definition) is 3. The Morgan fingerprint density at radius 1 is 0.903 bits per heavy atom. The zero-order valence-corrected chi connectivity index (χ0v) is 17.8. The van der Waals surface area contributed by atoms with Crippen LogP contribution in [0.25, 0.3) is 10.9 Å². The number of benzene rings is 3. The summed E-state index contributed by atoms with van der Waals surface area (Å²) in [5, 5.41) is 0.940. The van der Waals surface area contributed by atoms with Gasteiger partial charge in [0.15, 0.2) is 0 Å². The lowest BCUT2D eigenvalue weighted by molar-refractivity contribution is 0.0985. The van der Waals surface area contributed by atoms with Crippen molar-refractivity contribution in [3.05, 3.63) is 105 Å². The number of nitrogens with one attached hydrogen (secondary N) is 1. The molecule has 1 N–H and O–H groups in total. The van der Waals surface area contributed by atoms with Crippen LogP contribution in [0.2, 0.25) is 0 Å². The molecule has 1 aromatic heterocycles. The van der Waals surface area contributed by atoms with Crippen LogP contribution in [-0.2, 0) is 6.54 Å². The number of carbonyl (C=O) groups excluding carboxylic acids is 1. The molecule has 4 rings (SSSR count). The Balaban J connectivity index is 1.76. The van der Waals surface area contributed by atoms with Gasteiger partial charge in [-0.1, -0.05) is 29.3 Å². The maximum atomic E-state index is 13.4. The first-order chi connectivity index (χ1) is 14.9. The Hall–Kier alpha value is -3.86. The zero-order chi connectivity index (χ0) is 22.0. The molecule has 0 aliphatic carbocycles. The third-order valence-corrected chi connectivity index (χ3v) is 5.33. The van der Waals surface area contributed by atoms with Crippen molar-refractivity contribution in [2.75, 3.05) is 12.0 Å². The topological polar surface area (TPSA) is 62.4 Å². The van der Waals surface area contributed by atoms with Crippen molar-refractivity contribution in [2.24, 2.45) is 0 Å². The zero-order valence-electron chi connectivity index (χ0n) is 17.8. The summed E-state index contributed by atoms with van der Waals surface area (Å²) in [6, 6.07) is 22.4. The number of amides is 1. The summed E-state index contributed by atoms with van der Waals surface area (Å²) in [6.45, 7) is 4.17. The van der Waals surface area contributed by atoms with Crippen LogP contribution in [0, 0.1) is 13.8 Å². The molecule has 0 bridgehead atoms. The molecule has 4 aromatic rings. The monoisotopic (exact) mass is 412 g/mol. The normalized spacial score (nSPS) is 10.8. The predicted molar refractivity (Wildman–Crippen MR) is 124 cm³/mol. The Kier molecular flexibility index (Phi) is 5.58. The fourth-order valence-electron chi connectivity index (χ4n) is 3.55. The maximum Gasteiger partial charge on any atom is 0.258 e. The van der Waals surface area contributed by atoms with Gasteiger partial charge in [0.2, 0.25) is 0 Å². The van der Waals surface area contributed by atoms with E-state index in [1.807, 2.05) is 62.4 Å². The number of aromatic amines is 1. The molecule has 0 spiro atoms. The largest absolute Gasteiger partial charge is 0.497 e. The van der Waals surface area contributed by atoms with Gasteiger partial charge < -0.3 is 14.6 Å². The van der Waals surface area contributed by atoms with E-state index in [1.54, 1.807) is 36.3 Å². The fourth-order valence-corrected chi connectivity index (χ4v) is 3.55. The molecule has 5 heteroatoms. The smallest absolute Gasteiger partial charge is 0.258 e. The van der Waals surface area contributed by atoms with Crippen molar-refractivity contribution in [2.45, 2.75) is 20.4 Å². The molecule has 3 aromatic carbocycles. The van der Waals surface area contributed by atoms with Gasteiger partial charge in [0.05, 0.1) is 13.7 Å². The highest BCUT2D eigenvalue weighted by Crippen LogP contribution is 2.22. The SMILES string of the molecule is COc1ccc(C(=O)N(Cc2cc3cc(C)ccc3[nH]c2=O)c2ccc(C)cc2)cc1. The third kappa shape index (κ3) is 4.36. The van der Waals surface area contributed by atoms with Crippen LogP contribution in [-0.4, -0.2) is 18.0 Å². The van der Waals surface area contributed by atoms with Crippen LogP contribution in [0.4, 0.5) is 5.69 Å². The minimum atomic E-state index is -0.198. The number of hydrogen-bond donors (Lipinski definition) is 1. The summed E-state index contributed by atoms with van der Waals surface area (Å²) in [4.78, 5) is 30.8. The van der Waals surface area contributed by atoms with Crippen molar-refractivity contribution in [3.63, 3.8) is 0 Å². The van der Waals surface area contributed by atoms with Gasteiger partial charge in [-0.25, -0.2) is 0 Å². The first-order valence-corrected chi connectivity index (χ1v) is 10.1. The van der Waals surface area contributed by atoms with Crippen LogP contribution in [0.1, 0.15) is 27.0 Å². The standard InChI is InChI=1S/C26H24N2O3/c1-17-4-9-22(10-5-17)28(26(30)19-7-11-23(31-3)12-8-19)16-21-15-20-14-18(2)6-13-24(20)27-25(21)29/h4-15H,16H2,1-3H3,(H,27,29). The average Bonchev–Trinajstić information content (AvgIpc) is 2.78. The number of nitrogens with zero attached hydrogens (tertiary/aromatic N) is 1. The van der Waals surface area contributed by atoms with Crippen molar-refractivity contribution >= 4 is 22.5 Å². The van der Waals surface area contributed by atoms with Gasteiger partial charge in [0.1, 0.15) is 5.75 Å². The van der Waals surface area contributed by atoms with Gasteiger partial charge in [0, 0.05) is 22.3 Å². The van der Waals surface area contributed by atoms with Gasteiger partial charge >= 0.3 is 0 Å². The molecule has 0 radical (unpaired) electrons. The molecule has 0 aliphatic rings. The number of fused-ring (bicyclic) bond motifs is 1. The Morgan fingerprint density at radius 3 is 2.26 bits per heavy atom. The third-order valence-electron chi connectivity index (χ3n) is 5.33. The minimum absolute atomic E-state index is 0.160. The lowest BCUT2D eigenvalue weighted by Gasteiger charge is -2.23. The number of aryl methyl sites for hydroxylation is 2. The van der Waals surface area contributed by atoms with Crippen LogP contribution < -0.4 is 15.2 Å². The van der Waals surface area contributed by atoms with Crippen molar-refractivity contribution in [1.82, 2.24) is 4.98 Å². The highest BCUT2D eigenvalue weighted by Gasteiger charge is 2.20. The summed E-state index contributed by atoms with van der Waals surface area (Å²) in [6.07, 6.45) is 0.